The lowest BCUT2D eigenvalue weighted by Crippen LogP contribution is -2.41. The lowest BCUT2D eigenvalue weighted by Gasteiger charge is -2.38. The third-order valence-electron chi connectivity index (χ3n) is 7.27. The molecule has 3 aromatic rings. The number of hydrogen-bond donors (Lipinski definition) is 1. The quantitative estimate of drug-likeness (QED) is 0.282. The molecule has 0 amide bonds. The zero-order chi connectivity index (χ0) is 27.1. The molecule has 1 aliphatic rings. The number of nitrogens with zero attached hydrogens (tertiary/aromatic N) is 2. The highest BCUT2D eigenvalue weighted by molar-refractivity contribution is 6.35. The van der Waals surface area contributed by atoms with Crippen LogP contribution >= 0.6 is 23.2 Å². The van der Waals surface area contributed by atoms with Gasteiger partial charge in [0.05, 0.1) is 24.2 Å². The van der Waals surface area contributed by atoms with Gasteiger partial charge in [0.2, 0.25) is 0 Å². The number of likely N-dealkylation sites (tertiary alicyclic amines) is 1. The van der Waals surface area contributed by atoms with Crippen LogP contribution in [0.1, 0.15) is 49.4 Å². The second-order valence-electron chi connectivity index (χ2n) is 9.73. The normalized spacial score (nSPS) is 18.5. The summed E-state index contributed by atoms with van der Waals surface area (Å²) in [6.07, 6.45) is 3.13. The highest BCUT2D eigenvalue weighted by Gasteiger charge is 2.30. The molecule has 0 bridgehead atoms. The maximum absolute atomic E-state index is 15.5. The number of piperidine rings is 1. The fourth-order valence-corrected chi connectivity index (χ4v) is 5.67. The lowest BCUT2D eigenvalue weighted by atomic mass is 9.79. The summed E-state index contributed by atoms with van der Waals surface area (Å²) in [5.74, 6) is 6.58. The third-order valence-corrected chi connectivity index (χ3v) is 7.82. The van der Waals surface area contributed by atoms with Gasteiger partial charge in [0.25, 0.3) is 0 Å². The molecule has 2 aromatic carbocycles. The summed E-state index contributed by atoms with van der Waals surface area (Å²) in [7, 11) is 1.59. The fraction of sp³-hybridized carbons (Fsp3) is 0.400. The maximum atomic E-state index is 15.5. The molecule has 0 spiro atoms. The molecule has 3 atom stereocenters. The molecule has 2 unspecified atom stereocenters. The third kappa shape index (κ3) is 7.38. The first kappa shape index (κ1) is 28.2. The van der Waals surface area contributed by atoms with Gasteiger partial charge in [0, 0.05) is 35.1 Å². The van der Waals surface area contributed by atoms with E-state index in [4.69, 9.17) is 27.9 Å². The van der Waals surface area contributed by atoms with E-state index >= 15 is 4.39 Å². The molecule has 1 N–H and O–H groups in total. The van der Waals surface area contributed by atoms with E-state index in [0.717, 1.165) is 36.0 Å². The smallest absolute Gasteiger partial charge is 0.303 e. The van der Waals surface area contributed by atoms with Gasteiger partial charge in [-0.05, 0) is 92.1 Å². The average Bonchev–Trinajstić information content (AvgIpc) is 2.91. The van der Waals surface area contributed by atoms with Crippen LogP contribution in [0.4, 0.5) is 4.39 Å². The minimum absolute atomic E-state index is 0.106. The Morgan fingerprint density at radius 3 is 2.82 bits per heavy atom. The van der Waals surface area contributed by atoms with Crippen LogP contribution in [0, 0.1) is 23.7 Å². The Morgan fingerprint density at radius 1 is 1.21 bits per heavy atom. The van der Waals surface area contributed by atoms with Gasteiger partial charge in [-0.25, -0.2) is 4.39 Å². The second-order valence-corrected chi connectivity index (χ2v) is 10.6. The summed E-state index contributed by atoms with van der Waals surface area (Å²) < 4.78 is 20.9. The van der Waals surface area contributed by atoms with Crippen molar-refractivity contribution in [1.82, 2.24) is 9.88 Å². The van der Waals surface area contributed by atoms with E-state index in [9.17, 15) is 9.90 Å². The molecular formula is C30H31Cl2FN2O3. The number of carboxylic acid groups (broad SMARTS) is 1. The molecule has 1 aliphatic heterocycles. The monoisotopic (exact) mass is 556 g/mol. The SMILES string of the molecule is COc1ccc2nccc([C@@H](F)CCC3CCN(CC#Cc4ccc(Cl)cc4Cl)CC3CCC(=O)O)c2c1. The van der Waals surface area contributed by atoms with Crippen LogP contribution in [0.25, 0.3) is 10.9 Å². The van der Waals surface area contributed by atoms with E-state index < -0.39 is 12.1 Å². The number of rotatable bonds is 9. The van der Waals surface area contributed by atoms with Crippen molar-refractivity contribution in [2.45, 2.75) is 38.3 Å². The molecule has 1 fully saturated rings. The van der Waals surface area contributed by atoms with Gasteiger partial charge < -0.3 is 9.84 Å². The van der Waals surface area contributed by atoms with Crippen LogP contribution in [0.5, 0.6) is 5.75 Å². The van der Waals surface area contributed by atoms with Crippen molar-refractivity contribution in [2.24, 2.45) is 11.8 Å². The molecule has 4 rings (SSSR count). The Kier molecular flexibility index (Phi) is 9.85. The van der Waals surface area contributed by atoms with Crippen molar-refractivity contribution in [2.75, 3.05) is 26.7 Å². The van der Waals surface area contributed by atoms with E-state index in [1.54, 1.807) is 37.6 Å². The molecule has 5 nitrogen and oxygen atoms in total. The number of hydrogen-bond acceptors (Lipinski definition) is 4. The molecule has 1 saturated heterocycles. The Labute approximate surface area is 232 Å². The molecule has 200 valence electrons. The molecule has 2 heterocycles. The van der Waals surface area contributed by atoms with Crippen LogP contribution in [0.2, 0.25) is 10.0 Å². The van der Waals surface area contributed by atoms with Gasteiger partial charge in [-0.1, -0.05) is 35.0 Å². The first-order chi connectivity index (χ1) is 18.3. The van der Waals surface area contributed by atoms with E-state index in [1.807, 2.05) is 18.2 Å². The summed E-state index contributed by atoms with van der Waals surface area (Å²) in [5.41, 5.74) is 2.08. The Bertz CT molecular complexity index is 1340. The molecule has 38 heavy (non-hydrogen) atoms. The summed E-state index contributed by atoms with van der Waals surface area (Å²) >= 11 is 12.2. The zero-order valence-electron chi connectivity index (χ0n) is 21.3. The summed E-state index contributed by atoms with van der Waals surface area (Å²) in [4.78, 5) is 17.9. The predicted molar refractivity (Wildman–Crippen MR) is 150 cm³/mol. The molecule has 0 saturated carbocycles. The zero-order valence-corrected chi connectivity index (χ0v) is 22.8. The van der Waals surface area contributed by atoms with Gasteiger partial charge in [-0.15, -0.1) is 0 Å². The Balaban J connectivity index is 1.40. The topological polar surface area (TPSA) is 62.7 Å². The number of aliphatic carboxylic acids is 1. The molecule has 1 aromatic heterocycles. The minimum Gasteiger partial charge on any atom is -0.497 e. The number of ether oxygens (including phenoxy) is 1. The maximum Gasteiger partial charge on any atom is 0.303 e. The van der Waals surface area contributed by atoms with Gasteiger partial charge >= 0.3 is 5.97 Å². The number of alkyl halides is 1. The van der Waals surface area contributed by atoms with Crippen molar-refractivity contribution in [3.05, 3.63) is 69.8 Å². The van der Waals surface area contributed by atoms with Crippen molar-refractivity contribution in [3.63, 3.8) is 0 Å². The summed E-state index contributed by atoms with van der Waals surface area (Å²) in [5, 5.41) is 11.1. The summed E-state index contributed by atoms with van der Waals surface area (Å²) in [6.45, 7) is 2.14. The van der Waals surface area contributed by atoms with E-state index in [1.165, 1.54) is 0 Å². The van der Waals surface area contributed by atoms with Crippen LogP contribution < -0.4 is 4.74 Å². The van der Waals surface area contributed by atoms with Gasteiger partial charge in [-0.2, -0.15) is 0 Å². The van der Waals surface area contributed by atoms with E-state index in [0.29, 0.717) is 47.2 Å². The number of aromatic nitrogens is 1. The van der Waals surface area contributed by atoms with Crippen molar-refractivity contribution >= 4 is 40.1 Å². The van der Waals surface area contributed by atoms with Gasteiger partial charge in [-0.3, -0.25) is 14.7 Å². The highest BCUT2D eigenvalue weighted by Crippen LogP contribution is 2.36. The van der Waals surface area contributed by atoms with Crippen molar-refractivity contribution < 1.29 is 19.0 Å². The van der Waals surface area contributed by atoms with Gasteiger partial charge in [0.1, 0.15) is 11.9 Å². The van der Waals surface area contributed by atoms with Crippen molar-refractivity contribution in [1.29, 1.82) is 0 Å². The Hall–Kier alpha value is -2.85. The highest BCUT2D eigenvalue weighted by atomic mass is 35.5. The number of carbonyl (C=O) groups is 1. The first-order valence-electron chi connectivity index (χ1n) is 12.8. The van der Waals surface area contributed by atoms with Gasteiger partial charge in [0.15, 0.2) is 0 Å². The standard InChI is InChI=1S/C30H31Cl2FN2O3/c1-38-24-8-10-29-26(18-24)25(12-14-34-29)28(33)9-5-20-13-16-35(19-22(20)6-11-30(36)37)15-2-3-21-4-7-23(31)17-27(21)32/h4,7-8,10,12,14,17-18,20,22,28H,5-6,9,11,13,15-16,19H2,1H3,(H,36,37)/t20?,22?,28-/m0/s1. The second kappa shape index (κ2) is 13.3. The number of halogens is 3. The molecule has 0 radical (unpaired) electrons. The van der Waals surface area contributed by atoms with Crippen molar-refractivity contribution in [3.8, 4) is 17.6 Å². The number of fused-ring (bicyclic) bond motifs is 1. The number of carboxylic acids is 1. The first-order valence-corrected chi connectivity index (χ1v) is 13.5. The predicted octanol–water partition coefficient (Wildman–Crippen LogP) is 7.20. The van der Waals surface area contributed by atoms with Crippen LogP contribution in [0.15, 0.2) is 48.7 Å². The van der Waals surface area contributed by atoms with Crippen LogP contribution in [-0.4, -0.2) is 47.7 Å². The van der Waals surface area contributed by atoms with E-state index in [2.05, 4.69) is 21.7 Å². The lowest BCUT2D eigenvalue weighted by molar-refractivity contribution is -0.137. The molecule has 0 aliphatic carbocycles. The number of methoxy groups -OCH3 is 1. The molecule has 8 heteroatoms. The summed E-state index contributed by atoms with van der Waals surface area (Å²) in [6, 6.07) is 12.5. The van der Waals surface area contributed by atoms with Crippen LogP contribution in [0.3, 0.4) is 0 Å². The minimum atomic E-state index is -1.14. The Morgan fingerprint density at radius 2 is 2.05 bits per heavy atom. The average molecular weight is 557 g/mol. The number of pyridine rings is 1. The fourth-order valence-electron chi connectivity index (χ4n) is 5.22. The number of benzene rings is 2. The van der Waals surface area contributed by atoms with Crippen LogP contribution in [-0.2, 0) is 4.79 Å². The van der Waals surface area contributed by atoms with E-state index in [-0.39, 0.29) is 18.3 Å². The largest absolute Gasteiger partial charge is 0.497 e. The molecular weight excluding hydrogens is 526 g/mol.